The molecule has 1 rings (SSSR count). The van der Waals surface area contributed by atoms with Crippen molar-refractivity contribution in [3.8, 4) is 0 Å². The van der Waals surface area contributed by atoms with Gasteiger partial charge in [0, 0.05) is 18.5 Å². The van der Waals surface area contributed by atoms with E-state index in [1.165, 1.54) is 0 Å². The van der Waals surface area contributed by atoms with Gasteiger partial charge in [0.2, 0.25) is 0 Å². The third-order valence-corrected chi connectivity index (χ3v) is 4.96. The second kappa shape index (κ2) is 5.19. The molecular formula is C7H15ClO3Si. The van der Waals surface area contributed by atoms with Gasteiger partial charge in [-0.2, -0.15) is 0 Å². The predicted molar refractivity (Wildman–Crippen MR) is 49.4 cm³/mol. The minimum atomic E-state index is -2.24. The van der Waals surface area contributed by atoms with Crippen molar-refractivity contribution in [2.75, 3.05) is 25.7 Å². The molecule has 1 fully saturated rings. The van der Waals surface area contributed by atoms with E-state index in [2.05, 4.69) is 0 Å². The molecule has 1 aliphatic rings. The van der Waals surface area contributed by atoms with Gasteiger partial charge in [-0.3, -0.25) is 0 Å². The maximum absolute atomic E-state index is 5.60. The van der Waals surface area contributed by atoms with Crippen molar-refractivity contribution in [2.24, 2.45) is 0 Å². The van der Waals surface area contributed by atoms with Gasteiger partial charge in [0.1, 0.15) is 0 Å². The van der Waals surface area contributed by atoms with Gasteiger partial charge in [0.25, 0.3) is 0 Å². The van der Waals surface area contributed by atoms with Crippen molar-refractivity contribution in [1.82, 2.24) is 0 Å². The van der Waals surface area contributed by atoms with E-state index in [4.69, 9.17) is 24.9 Å². The van der Waals surface area contributed by atoms with Crippen molar-refractivity contribution in [3.63, 3.8) is 0 Å². The highest BCUT2D eigenvalue weighted by atomic mass is 35.5. The molecule has 72 valence electrons. The van der Waals surface area contributed by atoms with Crippen LogP contribution in [0, 0.1) is 0 Å². The summed E-state index contributed by atoms with van der Waals surface area (Å²) in [5, 5.41) is 0. The normalized spacial score (nSPS) is 21.5. The first-order valence-electron chi connectivity index (χ1n) is 4.31. The van der Waals surface area contributed by atoms with Gasteiger partial charge in [-0.15, -0.1) is 11.6 Å². The maximum atomic E-state index is 5.60. The van der Waals surface area contributed by atoms with Crippen LogP contribution in [0.2, 0.25) is 6.04 Å². The van der Waals surface area contributed by atoms with Crippen LogP contribution in [0.25, 0.3) is 0 Å². The van der Waals surface area contributed by atoms with Crippen LogP contribution in [0.3, 0.4) is 0 Å². The van der Waals surface area contributed by atoms with Crippen LogP contribution in [-0.2, 0) is 13.3 Å². The molecule has 1 aliphatic heterocycles. The molecule has 0 radical (unpaired) electrons. The molecule has 0 saturated carbocycles. The molecule has 1 heterocycles. The smallest absolute Gasteiger partial charge is 0.374 e. The molecule has 0 aliphatic carbocycles. The fourth-order valence-corrected chi connectivity index (χ4v) is 4.12. The van der Waals surface area contributed by atoms with Gasteiger partial charge >= 0.3 is 8.80 Å². The Morgan fingerprint density at radius 3 is 2.58 bits per heavy atom. The van der Waals surface area contributed by atoms with E-state index < -0.39 is 8.80 Å². The number of hydrogen-bond donors (Lipinski definition) is 0. The van der Waals surface area contributed by atoms with Crippen LogP contribution in [0.1, 0.15) is 13.3 Å². The van der Waals surface area contributed by atoms with Crippen LogP contribution in [-0.4, -0.2) is 34.5 Å². The van der Waals surface area contributed by atoms with E-state index in [1.807, 2.05) is 6.92 Å². The van der Waals surface area contributed by atoms with E-state index in [1.54, 1.807) is 0 Å². The highest BCUT2D eigenvalue weighted by molar-refractivity contribution is 6.61. The predicted octanol–water partition coefficient (Wildman–Crippen LogP) is 1.64. The molecule has 0 bridgehead atoms. The van der Waals surface area contributed by atoms with Gasteiger partial charge in [-0.25, -0.2) is 0 Å². The Morgan fingerprint density at radius 1 is 1.42 bits per heavy atom. The van der Waals surface area contributed by atoms with E-state index >= 15 is 0 Å². The third kappa shape index (κ3) is 2.71. The van der Waals surface area contributed by atoms with Crippen molar-refractivity contribution < 1.29 is 13.3 Å². The summed E-state index contributed by atoms with van der Waals surface area (Å²) in [5.41, 5.74) is 0. The Bertz CT molecular complexity index is 128. The molecule has 1 saturated heterocycles. The molecule has 0 aromatic rings. The number of rotatable bonds is 5. The molecule has 0 aromatic heterocycles. The van der Waals surface area contributed by atoms with Crippen LogP contribution in [0.5, 0.6) is 0 Å². The Labute approximate surface area is 79.3 Å². The minimum absolute atomic E-state index is 0.647. The number of hydrogen-bond acceptors (Lipinski definition) is 3. The Hall–Kier alpha value is 0.387. The molecule has 0 amide bonds. The number of alkyl halides is 1. The zero-order valence-electron chi connectivity index (χ0n) is 7.35. The third-order valence-electron chi connectivity index (χ3n) is 1.71. The minimum Gasteiger partial charge on any atom is -0.374 e. The lowest BCUT2D eigenvalue weighted by atomic mass is 10.6. The zero-order chi connectivity index (χ0) is 8.86. The molecule has 0 atom stereocenters. The van der Waals surface area contributed by atoms with Gasteiger partial charge in [0.15, 0.2) is 0 Å². The fraction of sp³-hybridized carbons (Fsp3) is 1.00. The molecule has 0 spiro atoms. The summed E-state index contributed by atoms with van der Waals surface area (Å²) >= 11 is 5.60. The lowest BCUT2D eigenvalue weighted by Gasteiger charge is -2.21. The largest absolute Gasteiger partial charge is 0.501 e. The van der Waals surface area contributed by atoms with Crippen LogP contribution >= 0.6 is 11.6 Å². The summed E-state index contributed by atoms with van der Waals surface area (Å²) < 4.78 is 16.6. The first-order valence-corrected chi connectivity index (χ1v) is 6.77. The first kappa shape index (κ1) is 10.5. The Kier molecular flexibility index (Phi) is 4.53. The van der Waals surface area contributed by atoms with Crippen molar-refractivity contribution >= 4 is 20.4 Å². The van der Waals surface area contributed by atoms with E-state index in [0.717, 1.165) is 12.5 Å². The van der Waals surface area contributed by atoms with E-state index in [-0.39, 0.29) is 0 Å². The topological polar surface area (TPSA) is 27.7 Å². The average Bonchev–Trinajstić information content (AvgIpc) is 2.51. The highest BCUT2D eigenvalue weighted by Crippen LogP contribution is 2.22. The second-order valence-electron chi connectivity index (χ2n) is 2.61. The first-order chi connectivity index (χ1) is 5.83. The molecule has 0 unspecified atom stereocenters. The maximum Gasteiger partial charge on any atom is 0.501 e. The summed E-state index contributed by atoms with van der Waals surface area (Å²) in [5.74, 6) is 0.647. The van der Waals surface area contributed by atoms with Gasteiger partial charge in [0.05, 0.1) is 13.2 Å². The standard InChI is InChI=1S/C7H15ClO3Si/c1-2-9-12(7-3-4-8)10-5-6-11-12/h2-7H2,1H3. The van der Waals surface area contributed by atoms with Gasteiger partial charge in [-0.05, 0) is 13.3 Å². The highest BCUT2D eigenvalue weighted by Gasteiger charge is 2.43. The fourth-order valence-electron chi connectivity index (χ4n) is 1.24. The summed E-state index contributed by atoms with van der Waals surface area (Å²) in [6, 6.07) is 0.852. The average molecular weight is 211 g/mol. The van der Waals surface area contributed by atoms with Crippen molar-refractivity contribution in [2.45, 2.75) is 19.4 Å². The Morgan fingerprint density at radius 2 is 2.08 bits per heavy atom. The number of halogens is 1. The molecule has 0 aromatic carbocycles. The lowest BCUT2D eigenvalue weighted by Crippen LogP contribution is -2.40. The molecule has 3 nitrogen and oxygen atoms in total. The molecular weight excluding hydrogens is 196 g/mol. The molecule has 0 N–H and O–H groups in total. The van der Waals surface area contributed by atoms with Crippen molar-refractivity contribution in [3.05, 3.63) is 0 Å². The monoisotopic (exact) mass is 210 g/mol. The van der Waals surface area contributed by atoms with E-state index in [0.29, 0.717) is 25.7 Å². The summed E-state index contributed by atoms with van der Waals surface area (Å²) in [6.07, 6.45) is 0.910. The van der Waals surface area contributed by atoms with E-state index in [9.17, 15) is 0 Å². The van der Waals surface area contributed by atoms with Crippen LogP contribution < -0.4 is 0 Å². The lowest BCUT2D eigenvalue weighted by molar-refractivity contribution is 0.149. The van der Waals surface area contributed by atoms with Crippen molar-refractivity contribution in [1.29, 1.82) is 0 Å². The van der Waals surface area contributed by atoms with Gasteiger partial charge < -0.3 is 13.3 Å². The summed E-state index contributed by atoms with van der Waals surface area (Å²) in [6.45, 7) is 3.97. The quantitative estimate of drug-likeness (QED) is 0.510. The second-order valence-corrected chi connectivity index (χ2v) is 5.72. The Balaban J connectivity index is 2.35. The van der Waals surface area contributed by atoms with Gasteiger partial charge in [-0.1, -0.05) is 0 Å². The summed E-state index contributed by atoms with van der Waals surface area (Å²) in [4.78, 5) is 0. The van der Waals surface area contributed by atoms with Crippen LogP contribution in [0.4, 0.5) is 0 Å². The van der Waals surface area contributed by atoms with Crippen LogP contribution in [0.15, 0.2) is 0 Å². The molecule has 5 heteroatoms. The SMILES string of the molecule is CCO[Si]1(CCCCl)OCCO1. The molecule has 12 heavy (non-hydrogen) atoms. The zero-order valence-corrected chi connectivity index (χ0v) is 9.10. The summed E-state index contributed by atoms with van der Waals surface area (Å²) in [7, 11) is -2.24.